The summed E-state index contributed by atoms with van der Waals surface area (Å²) in [6.07, 6.45) is 1.47. The van der Waals surface area contributed by atoms with E-state index in [0.29, 0.717) is 28.7 Å². The molecule has 0 bridgehead atoms. The molecule has 8 heteroatoms. The van der Waals surface area contributed by atoms with Crippen LogP contribution in [0.3, 0.4) is 0 Å². The van der Waals surface area contributed by atoms with Crippen molar-refractivity contribution >= 4 is 40.7 Å². The van der Waals surface area contributed by atoms with Crippen molar-refractivity contribution in [2.45, 2.75) is 31.5 Å². The summed E-state index contributed by atoms with van der Waals surface area (Å²) in [5, 5.41) is 9.90. The standard InChI is InChI=1S/C22H21ClN4O2S/c1-2-26-21(16-5-3-6-17(23)13-16)24-25-22(26)30-14-19(28)15-8-10-18(11-9-15)27-12-4-7-20(27)29/h3,5-6,8-11,13H,2,4,7,12,14H2,1H3. The summed E-state index contributed by atoms with van der Waals surface area (Å²) in [6, 6.07) is 14.7. The first kappa shape index (κ1) is 20.6. The van der Waals surface area contributed by atoms with Crippen LogP contribution < -0.4 is 4.90 Å². The number of amides is 1. The lowest BCUT2D eigenvalue weighted by molar-refractivity contribution is -0.117. The van der Waals surface area contributed by atoms with Gasteiger partial charge in [0.1, 0.15) is 0 Å². The van der Waals surface area contributed by atoms with E-state index in [4.69, 9.17) is 11.6 Å². The summed E-state index contributed by atoms with van der Waals surface area (Å²) in [7, 11) is 0. The molecule has 0 atom stereocenters. The second-order valence-electron chi connectivity index (χ2n) is 6.97. The Morgan fingerprint density at radius 2 is 1.97 bits per heavy atom. The van der Waals surface area contributed by atoms with Crippen LogP contribution >= 0.6 is 23.4 Å². The molecule has 4 rings (SSSR count). The van der Waals surface area contributed by atoms with E-state index in [1.54, 1.807) is 17.0 Å². The van der Waals surface area contributed by atoms with Crippen LogP contribution in [0.25, 0.3) is 11.4 Å². The second-order valence-corrected chi connectivity index (χ2v) is 8.35. The fraction of sp³-hybridized carbons (Fsp3) is 0.273. The molecule has 0 radical (unpaired) electrons. The molecule has 1 saturated heterocycles. The highest BCUT2D eigenvalue weighted by molar-refractivity contribution is 7.99. The second kappa shape index (κ2) is 9.02. The van der Waals surface area contributed by atoms with Crippen LogP contribution in [-0.4, -0.2) is 38.8 Å². The van der Waals surface area contributed by atoms with Crippen molar-refractivity contribution in [1.82, 2.24) is 14.8 Å². The van der Waals surface area contributed by atoms with E-state index in [1.807, 2.05) is 47.9 Å². The third kappa shape index (κ3) is 4.27. The van der Waals surface area contributed by atoms with E-state index in [1.165, 1.54) is 11.8 Å². The fourth-order valence-corrected chi connectivity index (χ4v) is 4.57. The molecule has 1 fully saturated rings. The van der Waals surface area contributed by atoms with Gasteiger partial charge >= 0.3 is 0 Å². The Labute approximate surface area is 184 Å². The zero-order chi connectivity index (χ0) is 21.1. The Bertz CT molecular complexity index is 1080. The lowest BCUT2D eigenvalue weighted by Crippen LogP contribution is -2.23. The van der Waals surface area contributed by atoms with Gasteiger partial charge in [0.25, 0.3) is 0 Å². The minimum atomic E-state index is 0.00857. The number of halogens is 1. The van der Waals surface area contributed by atoms with Crippen molar-refractivity contribution in [3.8, 4) is 11.4 Å². The minimum Gasteiger partial charge on any atom is -0.312 e. The highest BCUT2D eigenvalue weighted by atomic mass is 35.5. The molecular formula is C22H21ClN4O2S. The molecule has 154 valence electrons. The van der Waals surface area contributed by atoms with Crippen molar-refractivity contribution in [2.24, 2.45) is 0 Å². The molecule has 1 aromatic heterocycles. The Morgan fingerprint density at radius 3 is 2.63 bits per heavy atom. The maximum atomic E-state index is 12.7. The van der Waals surface area contributed by atoms with Gasteiger partial charge in [-0.25, -0.2) is 0 Å². The first-order valence-electron chi connectivity index (χ1n) is 9.82. The molecule has 0 aliphatic carbocycles. The van der Waals surface area contributed by atoms with Gasteiger partial charge in [0.05, 0.1) is 5.75 Å². The van der Waals surface area contributed by atoms with Crippen LogP contribution in [0.4, 0.5) is 5.69 Å². The molecule has 1 aliphatic rings. The quantitative estimate of drug-likeness (QED) is 0.392. The zero-order valence-corrected chi connectivity index (χ0v) is 18.1. The normalized spacial score (nSPS) is 13.8. The number of Topliss-reactive ketones (excluding diaryl/α,β-unsaturated/α-hetero) is 1. The largest absolute Gasteiger partial charge is 0.312 e. The average Bonchev–Trinajstić information content (AvgIpc) is 3.37. The number of ketones is 1. The number of benzene rings is 2. The van der Waals surface area contributed by atoms with Gasteiger partial charge in [-0.3, -0.25) is 9.59 Å². The predicted octanol–water partition coefficient (Wildman–Crippen LogP) is 4.72. The molecule has 0 spiro atoms. The molecular weight excluding hydrogens is 420 g/mol. The molecule has 1 aliphatic heterocycles. The molecule has 2 heterocycles. The Morgan fingerprint density at radius 1 is 1.17 bits per heavy atom. The highest BCUT2D eigenvalue weighted by Crippen LogP contribution is 2.27. The van der Waals surface area contributed by atoms with E-state index >= 15 is 0 Å². The van der Waals surface area contributed by atoms with Gasteiger partial charge in [-0.2, -0.15) is 0 Å². The van der Waals surface area contributed by atoms with E-state index in [-0.39, 0.29) is 17.4 Å². The van der Waals surface area contributed by atoms with Gasteiger partial charge < -0.3 is 9.47 Å². The first-order valence-corrected chi connectivity index (χ1v) is 11.2. The van der Waals surface area contributed by atoms with Gasteiger partial charge in [0, 0.05) is 41.3 Å². The van der Waals surface area contributed by atoms with Gasteiger partial charge in [-0.15, -0.1) is 10.2 Å². The molecule has 2 aromatic carbocycles. The lowest BCUT2D eigenvalue weighted by atomic mass is 10.1. The summed E-state index contributed by atoms with van der Waals surface area (Å²) in [4.78, 5) is 26.3. The number of carbonyl (C=O) groups is 2. The van der Waals surface area contributed by atoms with Crippen LogP contribution in [0.2, 0.25) is 5.02 Å². The van der Waals surface area contributed by atoms with Crippen LogP contribution in [0.1, 0.15) is 30.1 Å². The fourth-order valence-electron chi connectivity index (χ4n) is 3.48. The van der Waals surface area contributed by atoms with E-state index in [2.05, 4.69) is 10.2 Å². The highest BCUT2D eigenvalue weighted by Gasteiger charge is 2.22. The van der Waals surface area contributed by atoms with Crippen molar-refractivity contribution in [3.05, 3.63) is 59.1 Å². The number of nitrogens with zero attached hydrogens (tertiary/aromatic N) is 4. The van der Waals surface area contributed by atoms with Crippen LogP contribution in [-0.2, 0) is 11.3 Å². The minimum absolute atomic E-state index is 0.00857. The summed E-state index contributed by atoms with van der Waals surface area (Å²) >= 11 is 7.47. The third-order valence-electron chi connectivity index (χ3n) is 5.02. The number of anilines is 1. The number of aromatic nitrogens is 3. The number of thioether (sulfide) groups is 1. The number of hydrogen-bond donors (Lipinski definition) is 0. The summed E-state index contributed by atoms with van der Waals surface area (Å²) < 4.78 is 1.98. The Kier molecular flexibility index (Phi) is 6.20. The maximum absolute atomic E-state index is 12.7. The monoisotopic (exact) mass is 440 g/mol. The van der Waals surface area contributed by atoms with Gasteiger partial charge in [0.2, 0.25) is 5.91 Å². The van der Waals surface area contributed by atoms with Gasteiger partial charge in [-0.05, 0) is 49.7 Å². The molecule has 0 N–H and O–H groups in total. The van der Waals surface area contributed by atoms with Crippen molar-refractivity contribution in [2.75, 3.05) is 17.2 Å². The van der Waals surface area contributed by atoms with Crippen molar-refractivity contribution in [3.63, 3.8) is 0 Å². The Hall–Kier alpha value is -2.64. The summed E-state index contributed by atoms with van der Waals surface area (Å²) in [6.45, 7) is 3.44. The summed E-state index contributed by atoms with van der Waals surface area (Å²) in [5.41, 5.74) is 2.36. The number of hydrogen-bond acceptors (Lipinski definition) is 5. The van der Waals surface area contributed by atoms with Crippen LogP contribution in [0, 0.1) is 0 Å². The molecule has 1 amide bonds. The molecule has 6 nitrogen and oxygen atoms in total. The third-order valence-corrected chi connectivity index (χ3v) is 6.22. The van der Waals surface area contributed by atoms with E-state index in [9.17, 15) is 9.59 Å². The van der Waals surface area contributed by atoms with Gasteiger partial charge in [0.15, 0.2) is 16.8 Å². The summed E-state index contributed by atoms with van der Waals surface area (Å²) in [5.74, 6) is 1.14. The average molecular weight is 441 g/mol. The predicted molar refractivity (Wildman–Crippen MR) is 119 cm³/mol. The molecule has 0 saturated carbocycles. The lowest BCUT2D eigenvalue weighted by Gasteiger charge is -2.15. The van der Waals surface area contributed by atoms with Crippen LogP contribution in [0.5, 0.6) is 0 Å². The molecule has 30 heavy (non-hydrogen) atoms. The molecule has 0 unspecified atom stereocenters. The molecule has 3 aromatic rings. The first-order chi connectivity index (χ1) is 14.6. The van der Waals surface area contributed by atoms with E-state index in [0.717, 1.165) is 30.0 Å². The van der Waals surface area contributed by atoms with Crippen LogP contribution in [0.15, 0.2) is 53.7 Å². The van der Waals surface area contributed by atoms with E-state index < -0.39 is 0 Å². The number of rotatable bonds is 7. The SMILES string of the molecule is CCn1c(SCC(=O)c2ccc(N3CCCC3=O)cc2)nnc1-c1cccc(Cl)c1. The number of carbonyl (C=O) groups excluding carboxylic acids is 2. The topological polar surface area (TPSA) is 68.1 Å². The smallest absolute Gasteiger partial charge is 0.227 e. The van der Waals surface area contributed by atoms with Gasteiger partial charge in [-0.1, -0.05) is 35.5 Å². The van der Waals surface area contributed by atoms with Crippen molar-refractivity contribution in [1.29, 1.82) is 0 Å². The maximum Gasteiger partial charge on any atom is 0.227 e. The zero-order valence-electron chi connectivity index (χ0n) is 16.5. The Balaban J connectivity index is 1.44. The van der Waals surface area contributed by atoms with Crippen molar-refractivity contribution < 1.29 is 9.59 Å².